The van der Waals surface area contributed by atoms with Crippen LogP contribution in [-0.4, -0.2) is 17.0 Å². The fraction of sp³-hybridized carbons (Fsp3) is 0.231. The standard InChI is InChI=1S/C13H12BrFOS2/c14-9-4-13(17-7-9)6-11(16)8-18-12-3-1-2-10(15)5-12/h1-5,7,11,16H,6,8H2. The average Bonchev–Trinajstić information content (AvgIpc) is 2.72. The molecule has 1 aromatic heterocycles. The molecule has 1 atom stereocenters. The van der Waals surface area contributed by atoms with Gasteiger partial charge in [0.15, 0.2) is 0 Å². The maximum atomic E-state index is 13.0. The zero-order valence-corrected chi connectivity index (χ0v) is 12.7. The van der Waals surface area contributed by atoms with Crippen molar-refractivity contribution in [2.45, 2.75) is 17.4 Å². The summed E-state index contributed by atoms with van der Waals surface area (Å²) in [4.78, 5) is 2.00. The van der Waals surface area contributed by atoms with Crippen LogP contribution in [0.2, 0.25) is 0 Å². The lowest BCUT2D eigenvalue weighted by Crippen LogP contribution is -2.12. The Hall–Kier alpha value is -0.360. The number of hydrogen-bond donors (Lipinski definition) is 1. The molecule has 0 aliphatic rings. The van der Waals surface area contributed by atoms with E-state index < -0.39 is 6.10 Å². The number of rotatable bonds is 5. The minimum Gasteiger partial charge on any atom is -0.392 e. The van der Waals surface area contributed by atoms with Gasteiger partial charge in [-0.1, -0.05) is 6.07 Å². The Morgan fingerprint density at radius 2 is 2.22 bits per heavy atom. The van der Waals surface area contributed by atoms with Crippen molar-refractivity contribution in [1.29, 1.82) is 0 Å². The summed E-state index contributed by atoms with van der Waals surface area (Å²) in [6.45, 7) is 0. The van der Waals surface area contributed by atoms with Crippen molar-refractivity contribution in [2.24, 2.45) is 0 Å². The van der Waals surface area contributed by atoms with Gasteiger partial charge in [-0.2, -0.15) is 0 Å². The van der Waals surface area contributed by atoms with Gasteiger partial charge in [0.05, 0.1) is 6.10 Å². The first-order chi connectivity index (χ1) is 8.63. The van der Waals surface area contributed by atoms with Crippen LogP contribution in [0.25, 0.3) is 0 Å². The smallest absolute Gasteiger partial charge is 0.124 e. The van der Waals surface area contributed by atoms with Crippen LogP contribution in [-0.2, 0) is 6.42 Å². The first-order valence-electron chi connectivity index (χ1n) is 5.43. The molecule has 1 aromatic carbocycles. The van der Waals surface area contributed by atoms with Crippen LogP contribution in [0.4, 0.5) is 4.39 Å². The molecular weight excluding hydrogens is 335 g/mol. The SMILES string of the molecule is OC(CSc1cccc(F)c1)Cc1cc(Br)cs1. The Kier molecular flexibility index (Phi) is 5.24. The van der Waals surface area contributed by atoms with Crippen molar-refractivity contribution in [1.82, 2.24) is 0 Å². The van der Waals surface area contributed by atoms with Gasteiger partial charge in [0.2, 0.25) is 0 Å². The van der Waals surface area contributed by atoms with Gasteiger partial charge in [0.25, 0.3) is 0 Å². The van der Waals surface area contributed by atoms with E-state index in [1.165, 1.54) is 23.9 Å². The zero-order chi connectivity index (χ0) is 13.0. The highest BCUT2D eigenvalue weighted by Gasteiger charge is 2.08. The Bertz CT molecular complexity index is 515. The normalized spacial score (nSPS) is 12.6. The molecule has 0 amide bonds. The van der Waals surface area contributed by atoms with Gasteiger partial charge in [-0.25, -0.2) is 4.39 Å². The van der Waals surface area contributed by atoms with Gasteiger partial charge < -0.3 is 5.11 Å². The van der Waals surface area contributed by atoms with Crippen LogP contribution in [0, 0.1) is 5.82 Å². The topological polar surface area (TPSA) is 20.2 Å². The highest BCUT2D eigenvalue weighted by Crippen LogP contribution is 2.24. The lowest BCUT2D eigenvalue weighted by Gasteiger charge is -2.08. The van der Waals surface area contributed by atoms with E-state index in [0.717, 1.165) is 14.2 Å². The third-order valence-electron chi connectivity index (χ3n) is 2.30. The molecule has 1 N–H and O–H groups in total. The summed E-state index contributed by atoms with van der Waals surface area (Å²) in [5, 5.41) is 11.9. The van der Waals surface area contributed by atoms with E-state index in [-0.39, 0.29) is 5.82 Å². The maximum absolute atomic E-state index is 13.0. The Labute approximate surface area is 122 Å². The summed E-state index contributed by atoms with van der Waals surface area (Å²) >= 11 is 6.49. The fourth-order valence-electron chi connectivity index (χ4n) is 1.50. The summed E-state index contributed by atoms with van der Waals surface area (Å²) in [7, 11) is 0. The molecule has 0 saturated heterocycles. The van der Waals surface area contributed by atoms with Crippen molar-refractivity contribution < 1.29 is 9.50 Å². The van der Waals surface area contributed by atoms with E-state index in [4.69, 9.17) is 0 Å². The predicted molar refractivity (Wildman–Crippen MR) is 78.9 cm³/mol. The summed E-state index contributed by atoms with van der Waals surface area (Å²) in [5.41, 5.74) is 0. The van der Waals surface area contributed by atoms with Crippen LogP contribution in [0.15, 0.2) is 45.1 Å². The van der Waals surface area contributed by atoms with E-state index in [1.54, 1.807) is 17.4 Å². The van der Waals surface area contributed by atoms with Crippen molar-refractivity contribution in [3.05, 3.63) is 50.9 Å². The molecule has 0 aliphatic heterocycles. The summed E-state index contributed by atoms with van der Waals surface area (Å²) in [5.74, 6) is 0.329. The molecule has 5 heteroatoms. The average molecular weight is 347 g/mol. The fourth-order valence-corrected chi connectivity index (χ4v) is 3.90. The molecule has 0 fully saturated rings. The Balaban J connectivity index is 1.83. The maximum Gasteiger partial charge on any atom is 0.124 e. The molecule has 1 nitrogen and oxygen atoms in total. The zero-order valence-electron chi connectivity index (χ0n) is 9.48. The number of thiophene rings is 1. The molecule has 2 aromatic rings. The quantitative estimate of drug-likeness (QED) is 0.812. The highest BCUT2D eigenvalue weighted by atomic mass is 79.9. The number of halogens is 2. The molecular formula is C13H12BrFOS2. The van der Waals surface area contributed by atoms with Crippen molar-refractivity contribution >= 4 is 39.0 Å². The highest BCUT2D eigenvalue weighted by molar-refractivity contribution is 9.10. The van der Waals surface area contributed by atoms with Gasteiger partial charge >= 0.3 is 0 Å². The molecule has 1 unspecified atom stereocenters. The molecule has 0 saturated carbocycles. The third-order valence-corrected chi connectivity index (χ3v) is 5.16. The monoisotopic (exact) mass is 346 g/mol. The second-order valence-corrected chi connectivity index (χ2v) is 6.86. The van der Waals surface area contributed by atoms with Crippen molar-refractivity contribution in [3.8, 4) is 0 Å². The third kappa shape index (κ3) is 4.39. The largest absolute Gasteiger partial charge is 0.392 e. The second-order valence-electron chi connectivity index (χ2n) is 3.86. The van der Waals surface area contributed by atoms with Gasteiger partial charge in [-0.15, -0.1) is 23.1 Å². The molecule has 18 heavy (non-hydrogen) atoms. The molecule has 0 spiro atoms. The lowest BCUT2D eigenvalue weighted by atomic mass is 10.2. The van der Waals surface area contributed by atoms with Crippen molar-refractivity contribution in [3.63, 3.8) is 0 Å². The van der Waals surface area contributed by atoms with E-state index in [9.17, 15) is 9.50 Å². The van der Waals surface area contributed by atoms with E-state index in [0.29, 0.717) is 12.2 Å². The molecule has 0 bridgehead atoms. The lowest BCUT2D eigenvalue weighted by molar-refractivity contribution is 0.201. The van der Waals surface area contributed by atoms with E-state index in [2.05, 4.69) is 15.9 Å². The molecule has 0 aliphatic carbocycles. The van der Waals surface area contributed by atoms with Crippen LogP contribution >= 0.6 is 39.0 Å². The van der Waals surface area contributed by atoms with Crippen LogP contribution in [0.5, 0.6) is 0 Å². The number of thioether (sulfide) groups is 1. The van der Waals surface area contributed by atoms with E-state index >= 15 is 0 Å². The molecule has 2 rings (SSSR count). The van der Waals surface area contributed by atoms with Crippen LogP contribution in [0.3, 0.4) is 0 Å². The van der Waals surface area contributed by atoms with Crippen molar-refractivity contribution in [2.75, 3.05) is 5.75 Å². The number of aliphatic hydroxyl groups is 1. The summed E-state index contributed by atoms with van der Waals surface area (Å²) < 4.78 is 14.0. The summed E-state index contributed by atoms with van der Waals surface area (Å²) in [6, 6.07) is 8.45. The molecule has 1 heterocycles. The van der Waals surface area contributed by atoms with E-state index in [1.807, 2.05) is 17.5 Å². The predicted octanol–water partition coefficient (Wildman–Crippen LogP) is 4.35. The number of hydrogen-bond acceptors (Lipinski definition) is 3. The number of aliphatic hydroxyl groups excluding tert-OH is 1. The Morgan fingerprint density at radius 3 is 2.89 bits per heavy atom. The first-order valence-corrected chi connectivity index (χ1v) is 8.08. The van der Waals surface area contributed by atoms with Crippen LogP contribution in [0.1, 0.15) is 4.88 Å². The minimum atomic E-state index is -0.413. The minimum absolute atomic E-state index is 0.239. The van der Waals surface area contributed by atoms with Crippen LogP contribution < -0.4 is 0 Å². The number of benzene rings is 1. The Morgan fingerprint density at radius 1 is 1.39 bits per heavy atom. The van der Waals surface area contributed by atoms with Gasteiger partial charge in [0.1, 0.15) is 5.82 Å². The van der Waals surface area contributed by atoms with Gasteiger partial charge in [-0.05, 0) is 40.2 Å². The summed E-state index contributed by atoms with van der Waals surface area (Å²) in [6.07, 6.45) is 0.224. The van der Waals surface area contributed by atoms with Gasteiger partial charge in [0, 0.05) is 31.8 Å². The molecule has 96 valence electrons. The second kappa shape index (κ2) is 6.70. The molecule has 0 radical (unpaired) electrons. The first kappa shape index (κ1) is 14.1. The van der Waals surface area contributed by atoms with Gasteiger partial charge in [-0.3, -0.25) is 0 Å².